The third-order valence-electron chi connectivity index (χ3n) is 8.55. The molecule has 0 radical (unpaired) electrons. The highest BCUT2D eigenvalue weighted by Crippen LogP contribution is 2.40. The Morgan fingerprint density at radius 2 is 1.10 bits per heavy atom. The molecule has 6 rings (SSSR count). The first-order valence-corrected chi connectivity index (χ1v) is 17.1. The van der Waals surface area contributed by atoms with Gasteiger partial charge in [-0.15, -0.1) is 30.0 Å². The minimum Gasteiger partial charge on any atom is -0.506 e. The zero-order chi connectivity index (χ0) is 36.1. The summed E-state index contributed by atoms with van der Waals surface area (Å²) in [6, 6.07) is 22.9. The molecule has 0 aliphatic rings. The number of aromatic nitrogens is 6. The molecule has 0 spiro atoms. The first-order valence-electron chi connectivity index (χ1n) is 16.7. The Kier molecular flexibility index (Phi) is 9.36. The number of phenolic OH excluding ortho intramolecular Hbond substituents is 2. The molecule has 0 aliphatic carbocycles. The van der Waals surface area contributed by atoms with Crippen molar-refractivity contribution in [1.29, 1.82) is 0 Å². The highest BCUT2D eigenvalue weighted by Gasteiger charge is 2.29. The summed E-state index contributed by atoms with van der Waals surface area (Å²) in [5.74, 6) is 0.400. The molecule has 258 valence electrons. The molecule has 0 atom stereocenters. The number of hydrogen-bond acceptors (Lipinski definition) is 6. The van der Waals surface area contributed by atoms with E-state index in [1.54, 1.807) is 18.2 Å². The maximum Gasteiger partial charge on any atom is 0.146 e. The molecule has 0 unspecified atom stereocenters. The third-order valence-corrected chi connectivity index (χ3v) is 8.79. The van der Waals surface area contributed by atoms with Gasteiger partial charge in [-0.05, 0) is 87.7 Å². The van der Waals surface area contributed by atoms with Crippen molar-refractivity contribution in [1.82, 2.24) is 30.0 Å². The van der Waals surface area contributed by atoms with E-state index in [2.05, 4.69) is 103 Å². The monoisotopic (exact) mass is 680 g/mol. The third kappa shape index (κ3) is 8.07. The molecule has 2 N–H and O–H groups in total. The molecule has 9 heteroatoms. The summed E-state index contributed by atoms with van der Waals surface area (Å²) in [5.41, 5.74) is 7.42. The number of halogens is 1. The second-order valence-electron chi connectivity index (χ2n) is 16.8. The minimum atomic E-state index is -0.198. The standard InChI is InChI=1S/C20H24ClN3O.C20H25N3O/c1-19(2,3)12-9-14(20(4,5)6)18(25)17(10-12)24-22-15-8-7-13(21)11-16(15)23-24;1-19(2,3)13-20(4,5)14-10-11-18(24)17(12-14)23-21-15-8-6-7-9-16(15)22-23/h7-11,25H,1-6H3;6-12,24H,13H2,1-5H3. The molecule has 0 fully saturated rings. The molecule has 0 amide bonds. The number of hydrogen-bond donors (Lipinski definition) is 2. The van der Waals surface area contributed by atoms with E-state index in [9.17, 15) is 10.2 Å². The Morgan fingerprint density at radius 3 is 1.65 bits per heavy atom. The Hall–Kier alpha value is -4.43. The molecule has 2 heterocycles. The van der Waals surface area contributed by atoms with Gasteiger partial charge in [0.2, 0.25) is 0 Å². The van der Waals surface area contributed by atoms with Crippen LogP contribution in [-0.4, -0.2) is 40.2 Å². The van der Waals surface area contributed by atoms with E-state index >= 15 is 0 Å². The van der Waals surface area contributed by atoms with Crippen molar-refractivity contribution in [2.75, 3.05) is 0 Å². The molecule has 49 heavy (non-hydrogen) atoms. The summed E-state index contributed by atoms with van der Waals surface area (Å²) in [7, 11) is 0. The predicted octanol–water partition coefficient (Wildman–Crippen LogP) is 10.2. The Balaban J connectivity index is 0.000000191. The molecule has 8 nitrogen and oxygen atoms in total. The van der Waals surface area contributed by atoms with Crippen molar-refractivity contribution in [3.05, 3.63) is 94.5 Å². The van der Waals surface area contributed by atoms with E-state index in [0.29, 0.717) is 21.9 Å². The van der Waals surface area contributed by atoms with E-state index in [4.69, 9.17) is 11.6 Å². The normalized spacial score (nSPS) is 12.7. The van der Waals surface area contributed by atoms with Crippen LogP contribution >= 0.6 is 11.6 Å². The molecule has 0 saturated carbocycles. The van der Waals surface area contributed by atoms with Gasteiger partial charge in [-0.3, -0.25) is 0 Å². The van der Waals surface area contributed by atoms with Gasteiger partial charge < -0.3 is 10.2 Å². The summed E-state index contributed by atoms with van der Waals surface area (Å²) >= 11 is 6.05. The number of rotatable bonds is 4. The van der Waals surface area contributed by atoms with E-state index in [1.807, 2.05) is 48.5 Å². The first-order chi connectivity index (χ1) is 22.6. The van der Waals surface area contributed by atoms with Crippen LogP contribution in [0.25, 0.3) is 33.4 Å². The fourth-order valence-electron chi connectivity index (χ4n) is 6.27. The smallest absolute Gasteiger partial charge is 0.146 e. The summed E-state index contributed by atoms with van der Waals surface area (Å²) in [6.07, 6.45) is 1.04. The van der Waals surface area contributed by atoms with Crippen molar-refractivity contribution in [2.24, 2.45) is 5.41 Å². The van der Waals surface area contributed by atoms with E-state index in [-0.39, 0.29) is 33.2 Å². The SMILES string of the molecule is CC(C)(C)CC(C)(C)c1ccc(O)c(-n2nc3ccccc3n2)c1.CC(C)(C)c1cc(-n2nc3ccc(Cl)cc3n2)c(O)c(C(C)(C)C)c1. The van der Waals surface area contributed by atoms with Gasteiger partial charge in [0.1, 0.15) is 44.9 Å². The quantitative estimate of drug-likeness (QED) is 0.192. The van der Waals surface area contributed by atoms with Gasteiger partial charge in [0.25, 0.3) is 0 Å². The van der Waals surface area contributed by atoms with E-state index in [1.165, 1.54) is 15.2 Å². The van der Waals surface area contributed by atoms with Crippen molar-refractivity contribution < 1.29 is 10.2 Å². The Labute approximate surface area is 294 Å². The van der Waals surface area contributed by atoms with Crippen LogP contribution in [-0.2, 0) is 16.2 Å². The number of aromatic hydroxyl groups is 2. The van der Waals surface area contributed by atoms with Gasteiger partial charge in [0.05, 0.1) is 0 Å². The summed E-state index contributed by atoms with van der Waals surface area (Å²) in [4.78, 5) is 3.03. The van der Waals surface area contributed by atoms with Gasteiger partial charge in [0, 0.05) is 10.6 Å². The van der Waals surface area contributed by atoms with Gasteiger partial charge in [-0.1, -0.05) is 112 Å². The van der Waals surface area contributed by atoms with Crippen LogP contribution in [0, 0.1) is 5.41 Å². The van der Waals surface area contributed by atoms with Crippen molar-refractivity contribution in [3.8, 4) is 22.9 Å². The molecule has 4 aromatic carbocycles. The summed E-state index contributed by atoms with van der Waals surface area (Å²) < 4.78 is 0. The average molecular weight is 681 g/mol. The van der Waals surface area contributed by atoms with Gasteiger partial charge in [0.15, 0.2) is 0 Å². The first kappa shape index (κ1) is 35.9. The fraction of sp³-hybridized carbons (Fsp3) is 0.400. The van der Waals surface area contributed by atoms with Crippen LogP contribution < -0.4 is 0 Å². The number of fused-ring (bicyclic) bond motifs is 2. The molecule has 0 bridgehead atoms. The zero-order valence-corrected chi connectivity index (χ0v) is 31.3. The summed E-state index contributed by atoms with van der Waals surface area (Å²) in [5, 5.41) is 39.8. The van der Waals surface area contributed by atoms with Crippen molar-refractivity contribution in [2.45, 2.75) is 98.8 Å². The van der Waals surface area contributed by atoms with E-state index in [0.717, 1.165) is 34.1 Å². The molecular formula is C40H49ClN6O2. The minimum absolute atomic E-state index is 0.00667. The van der Waals surface area contributed by atoms with Gasteiger partial charge in [-0.2, -0.15) is 0 Å². The van der Waals surface area contributed by atoms with Crippen LogP contribution in [0.4, 0.5) is 0 Å². The Bertz CT molecular complexity index is 2090. The maximum atomic E-state index is 10.9. The van der Waals surface area contributed by atoms with E-state index < -0.39 is 0 Å². The van der Waals surface area contributed by atoms with Crippen LogP contribution in [0.3, 0.4) is 0 Å². The second-order valence-corrected chi connectivity index (χ2v) is 17.3. The highest BCUT2D eigenvalue weighted by atomic mass is 35.5. The number of benzene rings is 4. The van der Waals surface area contributed by atoms with Crippen LogP contribution in [0.5, 0.6) is 11.5 Å². The number of nitrogens with zero attached hydrogens (tertiary/aromatic N) is 6. The van der Waals surface area contributed by atoms with Crippen LogP contribution in [0.2, 0.25) is 5.02 Å². The largest absolute Gasteiger partial charge is 0.506 e. The molecule has 0 aliphatic heterocycles. The number of phenols is 2. The van der Waals surface area contributed by atoms with Crippen molar-refractivity contribution >= 4 is 33.7 Å². The molecule has 6 aromatic rings. The van der Waals surface area contributed by atoms with Gasteiger partial charge in [-0.25, -0.2) is 0 Å². The van der Waals surface area contributed by atoms with Gasteiger partial charge >= 0.3 is 0 Å². The lowest BCUT2D eigenvalue weighted by Crippen LogP contribution is -2.25. The highest BCUT2D eigenvalue weighted by molar-refractivity contribution is 6.31. The lowest BCUT2D eigenvalue weighted by atomic mass is 9.72. The lowest BCUT2D eigenvalue weighted by Gasteiger charge is -2.33. The lowest BCUT2D eigenvalue weighted by molar-refractivity contribution is 0.284. The fourth-order valence-corrected chi connectivity index (χ4v) is 6.44. The zero-order valence-electron chi connectivity index (χ0n) is 30.6. The average Bonchev–Trinajstić information content (AvgIpc) is 3.59. The molecule has 2 aromatic heterocycles. The van der Waals surface area contributed by atoms with Crippen LogP contribution in [0.15, 0.2) is 72.8 Å². The molecule has 0 saturated heterocycles. The second kappa shape index (κ2) is 12.8. The Morgan fingerprint density at radius 1 is 0.571 bits per heavy atom. The topological polar surface area (TPSA) is 102 Å². The van der Waals surface area contributed by atoms with Crippen LogP contribution in [0.1, 0.15) is 99.3 Å². The maximum absolute atomic E-state index is 10.9. The van der Waals surface area contributed by atoms with Crippen molar-refractivity contribution in [3.63, 3.8) is 0 Å². The summed E-state index contributed by atoms with van der Waals surface area (Å²) in [6.45, 7) is 23.9. The molecular weight excluding hydrogens is 632 g/mol. The predicted molar refractivity (Wildman–Crippen MR) is 201 cm³/mol.